The highest BCUT2D eigenvalue weighted by Gasteiger charge is 2.27. The van der Waals surface area contributed by atoms with Gasteiger partial charge in [-0.2, -0.15) is 0 Å². The van der Waals surface area contributed by atoms with Crippen molar-refractivity contribution in [1.82, 2.24) is 15.3 Å². The maximum atomic E-state index is 12.5. The van der Waals surface area contributed by atoms with E-state index in [4.69, 9.17) is 0 Å². The van der Waals surface area contributed by atoms with Crippen LogP contribution in [0.4, 0.5) is 0 Å². The first kappa shape index (κ1) is 17.0. The molecule has 0 fully saturated rings. The number of aryl methyl sites for hydroxylation is 3. The lowest BCUT2D eigenvalue weighted by Gasteiger charge is -2.12. The second-order valence-electron chi connectivity index (χ2n) is 6.81. The maximum absolute atomic E-state index is 12.5. The summed E-state index contributed by atoms with van der Waals surface area (Å²) in [5, 5.41) is 3.68. The zero-order valence-corrected chi connectivity index (χ0v) is 15.7. The minimum absolute atomic E-state index is 0.0567. The standard InChI is InChI=1S/C20H21N3O2S/c1-11-12(2)26-20-17(11)19(25)22-16(23-20)9-10-21-18(24)15-8-7-13-5-3-4-6-14(13)15/h3-6,15H,7-10H2,1-2H3,(H,21,24)(H,22,23,25)/t15-/m1/s1. The van der Waals surface area contributed by atoms with Crippen LogP contribution in [0.15, 0.2) is 29.1 Å². The van der Waals surface area contributed by atoms with Gasteiger partial charge in [-0.05, 0) is 43.4 Å². The van der Waals surface area contributed by atoms with E-state index in [1.807, 2.05) is 32.0 Å². The van der Waals surface area contributed by atoms with Crippen LogP contribution >= 0.6 is 11.3 Å². The minimum Gasteiger partial charge on any atom is -0.355 e. The highest BCUT2D eigenvalue weighted by atomic mass is 32.1. The Kier molecular flexibility index (Phi) is 4.36. The van der Waals surface area contributed by atoms with E-state index >= 15 is 0 Å². The number of nitrogens with zero attached hydrogens (tertiary/aromatic N) is 1. The molecule has 0 aliphatic heterocycles. The monoisotopic (exact) mass is 367 g/mol. The molecule has 1 aliphatic carbocycles. The van der Waals surface area contributed by atoms with E-state index < -0.39 is 0 Å². The first-order valence-electron chi connectivity index (χ1n) is 8.89. The lowest BCUT2D eigenvalue weighted by molar-refractivity contribution is -0.122. The summed E-state index contributed by atoms with van der Waals surface area (Å²) in [4.78, 5) is 34.1. The van der Waals surface area contributed by atoms with Crippen molar-refractivity contribution in [1.29, 1.82) is 0 Å². The average molecular weight is 367 g/mol. The number of hydrogen-bond acceptors (Lipinski definition) is 4. The Bertz CT molecular complexity index is 1050. The molecule has 2 aromatic heterocycles. The molecule has 3 aromatic rings. The summed E-state index contributed by atoms with van der Waals surface area (Å²) in [6, 6.07) is 8.14. The molecule has 4 rings (SSSR count). The fourth-order valence-corrected chi connectivity index (χ4v) is 4.72. The van der Waals surface area contributed by atoms with E-state index in [9.17, 15) is 9.59 Å². The first-order valence-corrected chi connectivity index (χ1v) is 9.70. The lowest BCUT2D eigenvalue weighted by atomic mass is 10.0. The molecule has 5 nitrogen and oxygen atoms in total. The Morgan fingerprint density at radius 2 is 2.15 bits per heavy atom. The molecule has 0 saturated heterocycles. The van der Waals surface area contributed by atoms with Gasteiger partial charge in [-0.1, -0.05) is 24.3 Å². The van der Waals surface area contributed by atoms with Crippen LogP contribution in [0.5, 0.6) is 0 Å². The topological polar surface area (TPSA) is 74.8 Å². The second-order valence-corrected chi connectivity index (χ2v) is 8.01. The van der Waals surface area contributed by atoms with Gasteiger partial charge in [0, 0.05) is 17.8 Å². The predicted octanol–water partition coefficient (Wildman–Crippen LogP) is 2.99. The van der Waals surface area contributed by atoms with Gasteiger partial charge in [0.25, 0.3) is 5.56 Å². The van der Waals surface area contributed by atoms with Crippen LogP contribution in [0, 0.1) is 13.8 Å². The third kappa shape index (κ3) is 2.94. The Balaban J connectivity index is 1.43. The van der Waals surface area contributed by atoms with Crippen LogP contribution < -0.4 is 10.9 Å². The summed E-state index contributed by atoms with van der Waals surface area (Å²) in [6.45, 7) is 4.42. The second kappa shape index (κ2) is 6.68. The van der Waals surface area contributed by atoms with Gasteiger partial charge in [0.2, 0.25) is 5.91 Å². The van der Waals surface area contributed by atoms with Crippen molar-refractivity contribution in [2.24, 2.45) is 0 Å². The van der Waals surface area contributed by atoms with E-state index in [1.54, 1.807) is 11.3 Å². The molecule has 1 aromatic carbocycles. The van der Waals surface area contributed by atoms with E-state index in [2.05, 4.69) is 21.4 Å². The zero-order valence-electron chi connectivity index (χ0n) is 14.9. The highest BCUT2D eigenvalue weighted by molar-refractivity contribution is 7.18. The predicted molar refractivity (Wildman–Crippen MR) is 104 cm³/mol. The lowest BCUT2D eigenvalue weighted by Crippen LogP contribution is -2.30. The third-order valence-electron chi connectivity index (χ3n) is 5.20. The molecule has 0 bridgehead atoms. The number of aromatic amines is 1. The number of nitrogens with one attached hydrogen (secondary N) is 2. The molecule has 2 heterocycles. The molecule has 6 heteroatoms. The van der Waals surface area contributed by atoms with Crippen LogP contribution in [0.25, 0.3) is 10.2 Å². The number of rotatable bonds is 4. The molecule has 2 N–H and O–H groups in total. The van der Waals surface area contributed by atoms with Gasteiger partial charge in [-0.3, -0.25) is 9.59 Å². The molecular formula is C20H21N3O2S. The van der Waals surface area contributed by atoms with Gasteiger partial charge in [0.05, 0.1) is 11.3 Å². The molecule has 1 atom stereocenters. The van der Waals surface area contributed by atoms with Gasteiger partial charge in [0.1, 0.15) is 10.7 Å². The summed E-state index contributed by atoms with van der Waals surface area (Å²) in [6.07, 6.45) is 2.33. The summed E-state index contributed by atoms with van der Waals surface area (Å²) >= 11 is 1.54. The van der Waals surface area contributed by atoms with E-state index in [-0.39, 0.29) is 17.4 Å². The van der Waals surface area contributed by atoms with Gasteiger partial charge in [-0.15, -0.1) is 11.3 Å². The van der Waals surface area contributed by atoms with Crippen LogP contribution in [0.2, 0.25) is 0 Å². The van der Waals surface area contributed by atoms with Crippen LogP contribution in [-0.2, 0) is 17.6 Å². The fourth-order valence-electron chi connectivity index (χ4n) is 3.67. The van der Waals surface area contributed by atoms with Crippen molar-refractivity contribution in [3.05, 3.63) is 62.0 Å². The normalized spacial score (nSPS) is 16.0. The Morgan fingerprint density at radius 1 is 1.35 bits per heavy atom. The molecule has 0 radical (unpaired) electrons. The van der Waals surface area contributed by atoms with Crippen molar-refractivity contribution in [2.45, 2.75) is 39.0 Å². The van der Waals surface area contributed by atoms with Gasteiger partial charge >= 0.3 is 0 Å². The quantitative estimate of drug-likeness (QED) is 0.744. The van der Waals surface area contributed by atoms with Crippen LogP contribution in [0.3, 0.4) is 0 Å². The molecular weight excluding hydrogens is 346 g/mol. The van der Waals surface area contributed by atoms with Gasteiger partial charge < -0.3 is 10.3 Å². The van der Waals surface area contributed by atoms with E-state index in [0.29, 0.717) is 24.2 Å². The zero-order chi connectivity index (χ0) is 18.3. The van der Waals surface area contributed by atoms with Crippen molar-refractivity contribution >= 4 is 27.5 Å². The number of amides is 1. The number of H-pyrrole nitrogens is 1. The summed E-state index contributed by atoms with van der Waals surface area (Å²) in [5.41, 5.74) is 3.32. The first-order chi connectivity index (χ1) is 12.5. The SMILES string of the molecule is Cc1sc2nc(CCNC(=O)[C@@H]3CCc4ccccc43)[nH]c(=O)c2c1C. The van der Waals surface area contributed by atoms with Crippen molar-refractivity contribution in [3.63, 3.8) is 0 Å². The third-order valence-corrected chi connectivity index (χ3v) is 6.30. The van der Waals surface area contributed by atoms with Crippen LogP contribution in [-0.4, -0.2) is 22.4 Å². The number of carbonyl (C=O) groups is 1. The van der Waals surface area contributed by atoms with Crippen LogP contribution in [0.1, 0.15) is 39.7 Å². The molecule has 1 aliphatic rings. The number of fused-ring (bicyclic) bond motifs is 2. The number of thiophene rings is 1. The molecule has 0 saturated carbocycles. The molecule has 1 amide bonds. The summed E-state index contributed by atoms with van der Waals surface area (Å²) < 4.78 is 0. The van der Waals surface area contributed by atoms with Gasteiger partial charge in [0.15, 0.2) is 0 Å². The summed E-state index contributed by atoms with van der Waals surface area (Å²) in [5.74, 6) is 0.611. The number of carbonyl (C=O) groups excluding carboxylic acids is 1. The Labute approximate surface area is 155 Å². The van der Waals surface area contributed by atoms with Crippen molar-refractivity contribution in [2.75, 3.05) is 6.54 Å². The molecule has 26 heavy (non-hydrogen) atoms. The average Bonchev–Trinajstić information content (AvgIpc) is 3.16. The molecule has 134 valence electrons. The highest BCUT2D eigenvalue weighted by Crippen LogP contribution is 2.32. The Morgan fingerprint density at radius 3 is 3.00 bits per heavy atom. The van der Waals surface area contributed by atoms with E-state index in [0.717, 1.165) is 33.7 Å². The number of benzene rings is 1. The van der Waals surface area contributed by atoms with Gasteiger partial charge in [-0.25, -0.2) is 4.98 Å². The minimum atomic E-state index is -0.0945. The summed E-state index contributed by atoms with van der Waals surface area (Å²) in [7, 11) is 0. The largest absolute Gasteiger partial charge is 0.355 e. The maximum Gasteiger partial charge on any atom is 0.259 e. The van der Waals surface area contributed by atoms with E-state index in [1.165, 1.54) is 5.56 Å². The Hall–Kier alpha value is -2.47. The number of aromatic nitrogens is 2. The fraction of sp³-hybridized carbons (Fsp3) is 0.350. The van der Waals surface area contributed by atoms with Crippen molar-refractivity contribution < 1.29 is 4.79 Å². The van der Waals surface area contributed by atoms with Crippen molar-refractivity contribution in [3.8, 4) is 0 Å². The molecule has 0 unspecified atom stereocenters. The molecule has 0 spiro atoms. The number of hydrogen-bond donors (Lipinski definition) is 2. The smallest absolute Gasteiger partial charge is 0.259 e.